The lowest BCUT2D eigenvalue weighted by atomic mass is 9.76. The Morgan fingerprint density at radius 3 is 2.12 bits per heavy atom. The number of sulfonamides is 1. The number of piperidine rings is 1. The van der Waals surface area contributed by atoms with E-state index in [0.29, 0.717) is 19.0 Å². The zero-order chi connectivity index (χ0) is 13.3. The van der Waals surface area contributed by atoms with E-state index in [1.54, 1.807) is 0 Å². The Bertz CT molecular complexity index is 375. The van der Waals surface area contributed by atoms with Crippen LogP contribution in [0.2, 0.25) is 0 Å². The molecule has 1 aliphatic rings. The van der Waals surface area contributed by atoms with E-state index in [1.165, 1.54) is 4.31 Å². The maximum absolute atomic E-state index is 11.7. The van der Waals surface area contributed by atoms with Crippen LogP contribution in [0, 0.1) is 11.3 Å². The van der Waals surface area contributed by atoms with E-state index >= 15 is 0 Å². The molecule has 0 saturated carbocycles. The van der Waals surface area contributed by atoms with Crippen molar-refractivity contribution in [3.8, 4) is 0 Å². The van der Waals surface area contributed by atoms with E-state index in [9.17, 15) is 13.2 Å². The number of aliphatic carboxylic acids is 1. The van der Waals surface area contributed by atoms with Crippen LogP contribution >= 0.6 is 0 Å². The van der Waals surface area contributed by atoms with Crippen molar-refractivity contribution in [3.63, 3.8) is 0 Å². The number of carboxylic acids is 1. The van der Waals surface area contributed by atoms with Crippen LogP contribution in [0.3, 0.4) is 0 Å². The summed E-state index contributed by atoms with van der Waals surface area (Å²) >= 11 is 0. The van der Waals surface area contributed by atoms with Crippen molar-refractivity contribution in [2.24, 2.45) is 11.3 Å². The molecule has 1 heterocycles. The zero-order valence-electron chi connectivity index (χ0n) is 10.6. The van der Waals surface area contributed by atoms with Gasteiger partial charge >= 0.3 is 5.97 Å². The fourth-order valence-corrected chi connectivity index (χ4v) is 3.51. The molecule has 0 aromatic carbocycles. The Hall–Kier alpha value is -0.620. The third-order valence-electron chi connectivity index (χ3n) is 3.38. The smallest absolute Gasteiger partial charge is 0.320 e. The van der Waals surface area contributed by atoms with Crippen molar-refractivity contribution in [3.05, 3.63) is 0 Å². The molecule has 1 fully saturated rings. The first-order valence-corrected chi connectivity index (χ1v) is 7.43. The molecule has 6 heteroatoms. The first-order chi connectivity index (χ1) is 7.63. The van der Waals surface area contributed by atoms with E-state index in [4.69, 9.17) is 5.11 Å². The first-order valence-electron chi connectivity index (χ1n) is 5.82. The lowest BCUT2D eigenvalue weighted by molar-refractivity contribution is -0.134. The van der Waals surface area contributed by atoms with E-state index in [0.717, 1.165) is 12.8 Å². The van der Waals surface area contributed by atoms with Crippen LogP contribution in [0.25, 0.3) is 0 Å². The normalized spacial score (nSPS) is 20.4. The third-order valence-corrected chi connectivity index (χ3v) is 5.14. The molecule has 1 rings (SSSR count). The zero-order valence-corrected chi connectivity index (χ0v) is 11.5. The fourth-order valence-electron chi connectivity index (χ4n) is 2.25. The minimum Gasteiger partial charge on any atom is -0.480 e. The molecule has 0 aliphatic carbocycles. The number of nitrogens with zero attached hydrogens (tertiary/aromatic N) is 1. The van der Waals surface area contributed by atoms with Crippen LogP contribution < -0.4 is 0 Å². The van der Waals surface area contributed by atoms with Gasteiger partial charge in [-0.05, 0) is 24.2 Å². The molecule has 0 spiro atoms. The van der Waals surface area contributed by atoms with Gasteiger partial charge in [0.1, 0.15) is 0 Å². The van der Waals surface area contributed by atoms with Gasteiger partial charge in [0.2, 0.25) is 10.0 Å². The van der Waals surface area contributed by atoms with Crippen molar-refractivity contribution in [1.29, 1.82) is 0 Å². The minimum atomic E-state index is -3.62. The molecule has 0 unspecified atom stereocenters. The third kappa shape index (κ3) is 3.96. The number of hydrogen-bond donors (Lipinski definition) is 1. The van der Waals surface area contributed by atoms with Crippen LogP contribution in [-0.4, -0.2) is 42.6 Å². The van der Waals surface area contributed by atoms with Crippen molar-refractivity contribution in [2.45, 2.75) is 33.6 Å². The summed E-state index contributed by atoms with van der Waals surface area (Å²) in [5.41, 5.74) is 0.183. The average molecular weight is 263 g/mol. The van der Waals surface area contributed by atoms with E-state index in [2.05, 4.69) is 20.8 Å². The van der Waals surface area contributed by atoms with Gasteiger partial charge in [-0.25, -0.2) is 12.7 Å². The predicted octanol–water partition coefficient (Wildman–Crippen LogP) is 1.16. The van der Waals surface area contributed by atoms with Crippen LogP contribution in [0.1, 0.15) is 33.6 Å². The topological polar surface area (TPSA) is 74.7 Å². The van der Waals surface area contributed by atoms with Gasteiger partial charge < -0.3 is 5.11 Å². The monoisotopic (exact) mass is 263 g/mol. The van der Waals surface area contributed by atoms with Crippen molar-refractivity contribution >= 4 is 16.0 Å². The van der Waals surface area contributed by atoms with Gasteiger partial charge in [0, 0.05) is 13.1 Å². The fraction of sp³-hybridized carbons (Fsp3) is 0.909. The predicted molar refractivity (Wildman–Crippen MR) is 65.2 cm³/mol. The lowest BCUT2D eigenvalue weighted by Gasteiger charge is -2.38. The van der Waals surface area contributed by atoms with Gasteiger partial charge in [-0.2, -0.15) is 0 Å². The summed E-state index contributed by atoms with van der Waals surface area (Å²) in [6, 6.07) is 0. The van der Waals surface area contributed by atoms with Gasteiger partial charge in [0.25, 0.3) is 0 Å². The van der Waals surface area contributed by atoms with Crippen LogP contribution in [-0.2, 0) is 14.8 Å². The summed E-state index contributed by atoms with van der Waals surface area (Å²) in [5.74, 6) is -1.59. The number of rotatable bonds is 3. The number of hydrogen-bond acceptors (Lipinski definition) is 3. The SMILES string of the molecule is CC(C)(C)C1CCN(S(=O)(=O)CC(=O)O)CC1. The summed E-state index contributed by atoms with van der Waals surface area (Å²) in [5, 5.41) is 8.56. The molecule has 1 aliphatic heterocycles. The van der Waals surface area contributed by atoms with E-state index < -0.39 is 21.7 Å². The van der Waals surface area contributed by atoms with Gasteiger partial charge in [-0.3, -0.25) is 4.79 Å². The van der Waals surface area contributed by atoms with Crippen molar-refractivity contribution in [1.82, 2.24) is 4.31 Å². The summed E-state index contributed by atoms with van der Waals surface area (Å²) < 4.78 is 24.7. The highest BCUT2D eigenvalue weighted by atomic mass is 32.2. The summed E-state index contributed by atoms with van der Waals surface area (Å²) in [7, 11) is -3.62. The molecule has 5 nitrogen and oxygen atoms in total. The van der Waals surface area contributed by atoms with Gasteiger partial charge in [0.15, 0.2) is 5.75 Å². The number of carbonyl (C=O) groups is 1. The molecular weight excluding hydrogens is 242 g/mol. The van der Waals surface area contributed by atoms with Gasteiger partial charge in [0.05, 0.1) is 0 Å². The maximum atomic E-state index is 11.7. The van der Waals surface area contributed by atoms with Crippen molar-refractivity contribution < 1.29 is 18.3 Å². The minimum absolute atomic E-state index is 0.183. The molecule has 1 N–H and O–H groups in total. The van der Waals surface area contributed by atoms with E-state index in [1.807, 2.05) is 0 Å². The lowest BCUT2D eigenvalue weighted by Crippen LogP contribution is -2.43. The molecule has 1 saturated heterocycles. The molecule has 0 bridgehead atoms. The summed E-state index contributed by atoms with van der Waals surface area (Å²) in [6.45, 7) is 7.34. The quantitative estimate of drug-likeness (QED) is 0.829. The maximum Gasteiger partial charge on any atom is 0.320 e. The Morgan fingerprint density at radius 1 is 1.29 bits per heavy atom. The highest BCUT2D eigenvalue weighted by molar-refractivity contribution is 7.89. The van der Waals surface area contributed by atoms with E-state index in [-0.39, 0.29) is 5.41 Å². The second-order valence-corrected chi connectivity index (χ2v) is 7.66. The molecule has 100 valence electrons. The highest BCUT2D eigenvalue weighted by Crippen LogP contribution is 2.34. The Balaban J connectivity index is 2.61. The standard InChI is InChI=1S/C11H21NO4S/c1-11(2,3)9-4-6-12(7-5-9)17(15,16)8-10(13)14/h9H,4-8H2,1-3H3,(H,13,14). The summed E-state index contributed by atoms with van der Waals surface area (Å²) in [4.78, 5) is 10.5. The van der Waals surface area contributed by atoms with Crippen LogP contribution in [0.15, 0.2) is 0 Å². The van der Waals surface area contributed by atoms with Crippen molar-refractivity contribution in [2.75, 3.05) is 18.8 Å². The number of carboxylic acid groups (broad SMARTS) is 1. The second kappa shape index (κ2) is 4.94. The molecule has 0 radical (unpaired) electrons. The van der Waals surface area contributed by atoms with Crippen LogP contribution in [0.5, 0.6) is 0 Å². The Morgan fingerprint density at radius 2 is 1.76 bits per heavy atom. The molecule has 0 aromatic rings. The largest absolute Gasteiger partial charge is 0.480 e. The first kappa shape index (κ1) is 14.4. The highest BCUT2D eigenvalue weighted by Gasteiger charge is 2.33. The summed E-state index contributed by atoms with van der Waals surface area (Å²) in [6.07, 6.45) is 1.62. The Labute approximate surface area is 103 Å². The van der Waals surface area contributed by atoms with Gasteiger partial charge in [-0.1, -0.05) is 20.8 Å². The molecular formula is C11H21NO4S. The Kier molecular flexibility index (Phi) is 4.19. The molecule has 0 amide bonds. The van der Waals surface area contributed by atoms with Gasteiger partial charge in [-0.15, -0.1) is 0 Å². The second-order valence-electron chi connectivity index (χ2n) is 5.69. The van der Waals surface area contributed by atoms with Crippen LogP contribution in [0.4, 0.5) is 0 Å². The molecule has 0 atom stereocenters. The molecule has 0 aromatic heterocycles. The molecule has 17 heavy (non-hydrogen) atoms. The average Bonchev–Trinajstić information content (AvgIpc) is 2.14.